The van der Waals surface area contributed by atoms with Crippen LogP contribution in [-0.4, -0.2) is 12.2 Å². The zero-order chi connectivity index (χ0) is 12.1. The summed E-state index contributed by atoms with van der Waals surface area (Å²) in [5.41, 5.74) is 0.773. The summed E-state index contributed by atoms with van der Waals surface area (Å²) in [6.07, 6.45) is 1.27. The normalized spacial score (nSPS) is 14.6. The maximum absolute atomic E-state index is 10.1. The van der Waals surface area contributed by atoms with Crippen LogP contribution in [0.2, 0.25) is 5.02 Å². The van der Waals surface area contributed by atoms with Crippen molar-refractivity contribution in [3.63, 3.8) is 0 Å². The molecule has 0 aromatic heterocycles. The Morgan fingerprint density at radius 3 is 2.69 bits per heavy atom. The lowest BCUT2D eigenvalue weighted by molar-refractivity contribution is 0.143. The van der Waals surface area contributed by atoms with E-state index in [0.717, 1.165) is 18.4 Å². The van der Waals surface area contributed by atoms with Crippen molar-refractivity contribution in [2.75, 3.05) is 7.11 Å². The Balaban J connectivity index is 2.88. The van der Waals surface area contributed by atoms with Gasteiger partial charge in [0.15, 0.2) is 0 Å². The summed E-state index contributed by atoms with van der Waals surface area (Å²) < 4.78 is 5.22. The lowest BCUT2D eigenvalue weighted by atomic mass is 9.96. The molecule has 0 spiro atoms. The molecule has 0 heterocycles. The minimum Gasteiger partial charge on any atom is -0.496 e. The second-order valence-electron chi connectivity index (χ2n) is 4.15. The second-order valence-corrected chi connectivity index (χ2v) is 4.59. The van der Waals surface area contributed by atoms with E-state index in [-0.39, 0.29) is 0 Å². The van der Waals surface area contributed by atoms with Gasteiger partial charge < -0.3 is 9.84 Å². The van der Waals surface area contributed by atoms with Gasteiger partial charge in [0.2, 0.25) is 0 Å². The number of aliphatic hydroxyl groups excluding tert-OH is 1. The van der Waals surface area contributed by atoms with E-state index in [4.69, 9.17) is 16.3 Å². The summed E-state index contributed by atoms with van der Waals surface area (Å²) in [5.74, 6) is 1.18. The predicted octanol–water partition coefficient (Wildman–Crippen LogP) is 3.82. The Labute approximate surface area is 102 Å². The van der Waals surface area contributed by atoms with Gasteiger partial charge in [0.1, 0.15) is 5.75 Å². The smallest absolute Gasteiger partial charge is 0.124 e. The van der Waals surface area contributed by atoms with Gasteiger partial charge in [0, 0.05) is 10.6 Å². The van der Waals surface area contributed by atoms with E-state index in [9.17, 15) is 5.11 Å². The van der Waals surface area contributed by atoms with E-state index < -0.39 is 6.10 Å². The predicted molar refractivity (Wildman–Crippen MR) is 67.0 cm³/mol. The molecular weight excluding hydrogens is 224 g/mol. The maximum Gasteiger partial charge on any atom is 0.124 e. The van der Waals surface area contributed by atoms with Gasteiger partial charge in [-0.15, -0.1) is 0 Å². The van der Waals surface area contributed by atoms with Crippen LogP contribution in [0.25, 0.3) is 0 Å². The van der Waals surface area contributed by atoms with Gasteiger partial charge in [0.25, 0.3) is 0 Å². The summed E-state index contributed by atoms with van der Waals surface area (Å²) in [4.78, 5) is 0. The first kappa shape index (κ1) is 13.3. The molecule has 1 rings (SSSR count). The molecule has 0 saturated carbocycles. The highest BCUT2D eigenvalue weighted by Gasteiger charge is 2.16. The molecule has 0 bridgehead atoms. The highest BCUT2D eigenvalue weighted by molar-refractivity contribution is 6.30. The molecule has 1 N–H and O–H groups in total. The van der Waals surface area contributed by atoms with E-state index >= 15 is 0 Å². The molecule has 0 aliphatic carbocycles. The van der Waals surface area contributed by atoms with Crippen LogP contribution in [0.4, 0.5) is 0 Å². The molecule has 16 heavy (non-hydrogen) atoms. The number of benzene rings is 1. The van der Waals surface area contributed by atoms with E-state index in [0.29, 0.717) is 16.7 Å². The quantitative estimate of drug-likeness (QED) is 0.851. The maximum atomic E-state index is 10.1. The number of halogens is 1. The van der Waals surface area contributed by atoms with Gasteiger partial charge >= 0.3 is 0 Å². The van der Waals surface area contributed by atoms with Crippen molar-refractivity contribution < 1.29 is 9.84 Å². The van der Waals surface area contributed by atoms with Crippen LogP contribution in [0.1, 0.15) is 38.4 Å². The molecule has 90 valence electrons. The molecule has 0 aliphatic heterocycles. The Morgan fingerprint density at radius 1 is 1.44 bits per heavy atom. The molecule has 2 atom stereocenters. The molecule has 1 aromatic carbocycles. The van der Waals surface area contributed by atoms with Crippen molar-refractivity contribution in [2.24, 2.45) is 5.92 Å². The third-order valence-electron chi connectivity index (χ3n) is 2.87. The van der Waals surface area contributed by atoms with E-state index in [1.165, 1.54) is 0 Å². The molecule has 2 unspecified atom stereocenters. The van der Waals surface area contributed by atoms with Crippen LogP contribution in [0, 0.1) is 5.92 Å². The van der Waals surface area contributed by atoms with Gasteiger partial charge in [0.05, 0.1) is 13.2 Å². The highest BCUT2D eigenvalue weighted by atomic mass is 35.5. The van der Waals surface area contributed by atoms with Crippen LogP contribution in [0.5, 0.6) is 5.75 Å². The molecule has 1 aromatic rings. The van der Waals surface area contributed by atoms with Crippen LogP contribution in [0.3, 0.4) is 0 Å². The summed E-state index contributed by atoms with van der Waals surface area (Å²) in [5, 5.41) is 10.7. The van der Waals surface area contributed by atoms with Crippen molar-refractivity contribution >= 4 is 11.6 Å². The number of hydrogen-bond acceptors (Lipinski definition) is 2. The topological polar surface area (TPSA) is 29.5 Å². The minimum atomic E-state index is -0.511. The lowest BCUT2D eigenvalue weighted by Gasteiger charge is -2.18. The van der Waals surface area contributed by atoms with Crippen LogP contribution >= 0.6 is 11.6 Å². The molecule has 0 saturated heterocycles. The Hall–Kier alpha value is -0.730. The van der Waals surface area contributed by atoms with Crippen molar-refractivity contribution in [3.05, 3.63) is 28.8 Å². The zero-order valence-electron chi connectivity index (χ0n) is 10.0. The van der Waals surface area contributed by atoms with Gasteiger partial charge in [-0.1, -0.05) is 31.9 Å². The van der Waals surface area contributed by atoms with Gasteiger partial charge in [-0.2, -0.15) is 0 Å². The number of rotatable bonds is 5. The fourth-order valence-electron chi connectivity index (χ4n) is 1.64. The number of aliphatic hydroxyl groups is 1. The Kier molecular flexibility index (Phi) is 5.10. The summed E-state index contributed by atoms with van der Waals surface area (Å²) in [7, 11) is 1.60. The Bertz CT molecular complexity index is 339. The lowest BCUT2D eigenvalue weighted by Crippen LogP contribution is -2.05. The van der Waals surface area contributed by atoms with Crippen molar-refractivity contribution in [1.29, 1.82) is 0 Å². The summed E-state index contributed by atoms with van der Waals surface area (Å²) in [6, 6.07) is 5.32. The molecular formula is C13H19ClO2. The fourth-order valence-corrected chi connectivity index (χ4v) is 1.82. The van der Waals surface area contributed by atoms with Crippen molar-refractivity contribution in [3.8, 4) is 5.75 Å². The van der Waals surface area contributed by atoms with Gasteiger partial charge in [-0.05, 0) is 30.5 Å². The number of ether oxygens (including phenoxy) is 1. The standard InChI is InChI=1S/C13H19ClO2/c1-4-9(2)7-12(15)11-8-10(14)5-6-13(11)16-3/h5-6,8-9,12,15H,4,7H2,1-3H3. The summed E-state index contributed by atoms with van der Waals surface area (Å²) >= 11 is 5.92. The first-order valence-corrected chi connectivity index (χ1v) is 5.97. The highest BCUT2D eigenvalue weighted by Crippen LogP contribution is 2.32. The van der Waals surface area contributed by atoms with E-state index in [1.54, 1.807) is 25.3 Å². The SMILES string of the molecule is CCC(C)CC(O)c1cc(Cl)ccc1OC. The molecule has 0 radical (unpaired) electrons. The molecule has 3 heteroatoms. The molecule has 0 fully saturated rings. The zero-order valence-corrected chi connectivity index (χ0v) is 10.8. The van der Waals surface area contributed by atoms with Crippen LogP contribution in [-0.2, 0) is 0 Å². The Morgan fingerprint density at radius 2 is 2.12 bits per heavy atom. The third-order valence-corrected chi connectivity index (χ3v) is 3.11. The van der Waals surface area contributed by atoms with Crippen molar-refractivity contribution in [1.82, 2.24) is 0 Å². The van der Waals surface area contributed by atoms with E-state index in [1.807, 2.05) is 0 Å². The average molecular weight is 243 g/mol. The monoisotopic (exact) mass is 242 g/mol. The molecule has 0 aliphatic rings. The molecule has 0 amide bonds. The number of hydrogen-bond donors (Lipinski definition) is 1. The van der Waals surface area contributed by atoms with Gasteiger partial charge in [-0.3, -0.25) is 0 Å². The van der Waals surface area contributed by atoms with Crippen molar-refractivity contribution in [2.45, 2.75) is 32.8 Å². The average Bonchev–Trinajstić information content (AvgIpc) is 2.28. The minimum absolute atomic E-state index is 0.485. The van der Waals surface area contributed by atoms with E-state index in [2.05, 4.69) is 13.8 Å². The second kappa shape index (κ2) is 6.12. The molecule has 2 nitrogen and oxygen atoms in total. The fraction of sp³-hybridized carbons (Fsp3) is 0.538. The largest absolute Gasteiger partial charge is 0.496 e. The first-order chi connectivity index (χ1) is 7.58. The van der Waals surface area contributed by atoms with Crippen LogP contribution in [0.15, 0.2) is 18.2 Å². The first-order valence-electron chi connectivity index (χ1n) is 5.60. The summed E-state index contributed by atoms with van der Waals surface area (Å²) in [6.45, 7) is 4.24. The number of methoxy groups -OCH3 is 1. The third kappa shape index (κ3) is 3.39. The van der Waals surface area contributed by atoms with Crippen LogP contribution < -0.4 is 4.74 Å². The van der Waals surface area contributed by atoms with Gasteiger partial charge in [-0.25, -0.2) is 0 Å².